The van der Waals surface area contributed by atoms with Gasteiger partial charge in [0.1, 0.15) is 6.10 Å². The second-order valence-corrected chi connectivity index (χ2v) is 17.5. The second kappa shape index (κ2) is 11.6. The first-order valence-electron chi connectivity index (χ1n) is 12.1. The summed E-state index contributed by atoms with van der Waals surface area (Å²) in [7, 11) is -2.18. The lowest BCUT2D eigenvalue weighted by molar-refractivity contribution is -0.173. The molecular formula is C25H44N2O6SSi. The molecule has 0 amide bonds. The van der Waals surface area contributed by atoms with Gasteiger partial charge in [0, 0.05) is 17.7 Å². The smallest absolute Gasteiger partial charge is 0.347 e. The van der Waals surface area contributed by atoms with Crippen LogP contribution in [0.4, 0.5) is 0 Å². The number of rotatable bonds is 9. The van der Waals surface area contributed by atoms with E-state index >= 15 is 0 Å². The average molecular weight is 529 g/mol. The summed E-state index contributed by atoms with van der Waals surface area (Å²) in [5.41, 5.74) is 0.710. The maximum atomic E-state index is 12.8. The number of esters is 2. The van der Waals surface area contributed by atoms with E-state index in [2.05, 4.69) is 46.5 Å². The summed E-state index contributed by atoms with van der Waals surface area (Å²) in [4.78, 5) is 42.4. The van der Waals surface area contributed by atoms with Crippen LogP contribution in [0, 0.1) is 0 Å². The SMILES string of the molecule is CC(C)n1cc(C(C)(C)C)nc1SC(=O)[C@H](C)OC(=O)[C@H](C)OC(=O)[C@H](C)O[Si](C)(C)C(C)(C)C. The van der Waals surface area contributed by atoms with Gasteiger partial charge in [-0.2, -0.15) is 0 Å². The van der Waals surface area contributed by atoms with Crippen molar-refractivity contribution in [2.45, 2.75) is 129 Å². The Kier molecular flexibility index (Phi) is 10.4. The van der Waals surface area contributed by atoms with Crippen molar-refractivity contribution in [3.63, 3.8) is 0 Å². The molecule has 10 heteroatoms. The lowest BCUT2D eigenvalue weighted by Crippen LogP contribution is -2.46. The molecule has 8 nitrogen and oxygen atoms in total. The summed E-state index contributed by atoms with van der Waals surface area (Å²) < 4.78 is 18.5. The second-order valence-electron chi connectivity index (χ2n) is 11.8. The van der Waals surface area contributed by atoms with E-state index in [9.17, 15) is 14.4 Å². The zero-order valence-corrected chi connectivity index (χ0v) is 25.5. The summed E-state index contributed by atoms with van der Waals surface area (Å²) in [6.45, 7) is 25.0. The number of aromatic nitrogens is 2. The Morgan fingerprint density at radius 3 is 1.83 bits per heavy atom. The van der Waals surface area contributed by atoms with Crippen molar-refractivity contribution in [2.75, 3.05) is 0 Å². The Balaban J connectivity index is 2.76. The van der Waals surface area contributed by atoms with Crippen LogP contribution < -0.4 is 0 Å². The lowest BCUT2D eigenvalue weighted by atomic mass is 9.93. The molecular weight excluding hydrogens is 484 g/mol. The number of thioether (sulfide) groups is 1. The highest BCUT2D eigenvalue weighted by atomic mass is 32.2. The predicted octanol–water partition coefficient (Wildman–Crippen LogP) is 5.65. The summed E-state index contributed by atoms with van der Waals surface area (Å²) >= 11 is 0.937. The van der Waals surface area contributed by atoms with E-state index in [0.29, 0.717) is 5.16 Å². The number of carbonyl (C=O) groups excluding carboxylic acids is 3. The Bertz CT molecular complexity index is 914. The molecule has 0 unspecified atom stereocenters. The van der Waals surface area contributed by atoms with Crippen LogP contribution in [0.3, 0.4) is 0 Å². The number of hydrogen-bond donors (Lipinski definition) is 0. The number of imidazole rings is 1. The van der Waals surface area contributed by atoms with Crippen LogP contribution in [0.5, 0.6) is 0 Å². The normalized spacial score (nSPS) is 15.5. The fourth-order valence-corrected chi connectivity index (χ4v) is 4.90. The van der Waals surface area contributed by atoms with E-state index in [1.54, 1.807) is 6.92 Å². The molecule has 1 rings (SSSR count). The molecule has 0 N–H and O–H groups in total. The Labute approximate surface area is 216 Å². The highest BCUT2D eigenvalue weighted by molar-refractivity contribution is 8.13. The molecule has 0 radical (unpaired) electrons. The maximum Gasteiger partial charge on any atom is 0.347 e. The largest absolute Gasteiger partial charge is 0.451 e. The van der Waals surface area contributed by atoms with E-state index < -0.39 is 38.6 Å². The van der Waals surface area contributed by atoms with Gasteiger partial charge in [-0.25, -0.2) is 14.6 Å². The van der Waals surface area contributed by atoms with Crippen molar-refractivity contribution in [1.82, 2.24) is 9.55 Å². The van der Waals surface area contributed by atoms with Gasteiger partial charge in [0.15, 0.2) is 25.7 Å². The van der Waals surface area contributed by atoms with Gasteiger partial charge >= 0.3 is 11.9 Å². The number of hydrogen-bond acceptors (Lipinski definition) is 8. The van der Waals surface area contributed by atoms with Crippen LogP contribution >= 0.6 is 11.8 Å². The van der Waals surface area contributed by atoms with Crippen LogP contribution in [0.25, 0.3) is 0 Å². The molecule has 0 aliphatic rings. The van der Waals surface area contributed by atoms with Gasteiger partial charge in [-0.05, 0) is 64.5 Å². The predicted molar refractivity (Wildman–Crippen MR) is 141 cm³/mol. The highest BCUT2D eigenvalue weighted by Gasteiger charge is 2.40. The molecule has 200 valence electrons. The van der Waals surface area contributed by atoms with Crippen molar-refractivity contribution in [3.8, 4) is 0 Å². The number of carbonyl (C=O) groups is 3. The van der Waals surface area contributed by atoms with Crippen molar-refractivity contribution in [1.29, 1.82) is 0 Å². The summed E-state index contributed by atoms with van der Waals surface area (Å²) in [6.07, 6.45) is -1.07. The molecule has 0 aliphatic carbocycles. The number of nitrogens with zero attached hydrogens (tertiary/aromatic N) is 2. The molecule has 1 aromatic heterocycles. The Hall–Kier alpha value is -1.65. The van der Waals surface area contributed by atoms with Crippen LogP contribution in [-0.2, 0) is 33.7 Å². The standard InChI is InChI=1S/C25H44N2O6SSi/c1-15(2)27-14-19(24(6,7)8)26-23(27)34-22(30)18(5)32-20(28)16(3)31-21(29)17(4)33-35(12,13)25(9,10)11/h14-18H,1-13H3/t16-,17-,18-/m0/s1. The topological polar surface area (TPSA) is 96.7 Å². The van der Waals surface area contributed by atoms with Gasteiger partial charge in [-0.15, -0.1) is 0 Å². The fourth-order valence-electron chi connectivity index (χ4n) is 2.66. The molecule has 0 aromatic carbocycles. The summed E-state index contributed by atoms with van der Waals surface area (Å²) in [6, 6.07) is 0.113. The van der Waals surface area contributed by atoms with E-state index in [1.165, 1.54) is 13.8 Å². The minimum Gasteiger partial charge on any atom is -0.451 e. The molecule has 1 heterocycles. The third-order valence-electron chi connectivity index (χ3n) is 6.07. The third kappa shape index (κ3) is 8.75. The fraction of sp³-hybridized carbons (Fsp3) is 0.760. The zero-order valence-electron chi connectivity index (χ0n) is 23.6. The molecule has 0 saturated heterocycles. The van der Waals surface area contributed by atoms with E-state index in [4.69, 9.17) is 13.9 Å². The molecule has 0 spiro atoms. The zero-order chi connectivity index (χ0) is 27.5. The molecule has 35 heavy (non-hydrogen) atoms. The molecule has 3 atom stereocenters. The van der Waals surface area contributed by atoms with Gasteiger partial charge in [-0.3, -0.25) is 4.79 Å². The highest BCUT2D eigenvalue weighted by Crippen LogP contribution is 2.37. The van der Waals surface area contributed by atoms with Crippen LogP contribution in [0.15, 0.2) is 11.4 Å². The van der Waals surface area contributed by atoms with Crippen molar-refractivity contribution >= 4 is 37.1 Å². The number of ether oxygens (including phenoxy) is 2. The van der Waals surface area contributed by atoms with E-state index in [0.717, 1.165) is 17.5 Å². The van der Waals surface area contributed by atoms with Gasteiger partial charge in [-0.1, -0.05) is 41.5 Å². The first-order valence-corrected chi connectivity index (χ1v) is 15.8. The summed E-state index contributed by atoms with van der Waals surface area (Å²) in [5, 5.41) is 0.116. The van der Waals surface area contributed by atoms with Gasteiger partial charge in [0.2, 0.25) is 5.12 Å². The van der Waals surface area contributed by atoms with Crippen LogP contribution in [-0.4, -0.2) is 53.2 Å². The average Bonchev–Trinajstić information content (AvgIpc) is 3.10. The monoisotopic (exact) mass is 528 g/mol. The lowest BCUT2D eigenvalue weighted by Gasteiger charge is -2.37. The maximum absolute atomic E-state index is 12.8. The minimum atomic E-state index is -2.18. The first-order chi connectivity index (χ1) is 15.7. The van der Waals surface area contributed by atoms with E-state index in [1.807, 2.05) is 37.7 Å². The third-order valence-corrected chi connectivity index (χ3v) is 11.6. The van der Waals surface area contributed by atoms with Crippen molar-refractivity contribution in [2.24, 2.45) is 0 Å². The molecule has 0 saturated carbocycles. The Morgan fingerprint density at radius 2 is 1.37 bits per heavy atom. The quantitative estimate of drug-likeness (QED) is 0.230. The molecule has 0 aliphatic heterocycles. The Morgan fingerprint density at radius 1 is 0.886 bits per heavy atom. The molecule has 0 bridgehead atoms. The van der Waals surface area contributed by atoms with Crippen molar-refractivity contribution in [3.05, 3.63) is 11.9 Å². The van der Waals surface area contributed by atoms with Crippen LogP contribution in [0.1, 0.15) is 87.9 Å². The molecule has 1 aromatic rings. The van der Waals surface area contributed by atoms with Gasteiger partial charge in [0.25, 0.3) is 0 Å². The minimum absolute atomic E-state index is 0.0719. The molecule has 0 fully saturated rings. The van der Waals surface area contributed by atoms with Crippen LogP contribution in [0.2, 0.25) is 18.1 Å². The van der Waals surface area contributed by atoms with Gasteiger partial charge in [0.05, 0.1) is 5.69 Å². The van der Waals surface area contributed by atoms with Gasteiger partial charge < -0.3 is 18.5 Å². The van der Waals surface area contributed by atoms with E-state index in [-0.39, 0.29) is 21.6 Å². The summed E-state index contributed by atoms with van der Waals surface area (Å²) in [5.74, 6) is -1.43. The first kappa shape index (κ1) is 31.4. The van der Waals surface area contributed by atoms with Crippen molar-refractivity contribution < 1.29 is 28.3 Å².